The third-order valence-corrected chi connectivity index (χ3v) is 4.70. The van der Waals surface area contributed by atoms with Crippen LogP contribution in [0.1, 0.15) is 12.0 Å². The molecule has 146 valence electrons. The Labute approximate surface area is 172 Å². The standard InChI is InChI=1S/C18H20Cl2N2O4S/c1-24-26-27-22-14-5-7-15(8-6-14)25-12-18(23)21-10-2-3-13-4-9-16(19)17(20)11-13/h4-9,11,22H,2-3,10,12H2,1H3,(H,21,23). The van der Waals surface area contributed by atoms with Crippen LogP contribution in [-0.2, 0) is 20.4 Å². The van der Waals surface area contributed by atoms with Crippen molar-refractivity contribution in [2.75, 3.05) is 25.0 Å². The second-order valence-electron chi connectivity index (χ2n) is 5.44. The number of anilines is 1. The van der Waals surface area contributed by atoms with Crippen molar-refractivity contribution < 1.29 is 18.8 Å². The van der Waals surface area contributed by atoms with Gasteiger partial charge in [0.2, 0.25) is 0 Å². The van der Waals surface area contributed by atoms with E-state index in [1.54, 1.807) is 30.3 Å². The maximum Gasteiger partial charge on any atom is 0.257 e. The van der Waals surface area contributed by atoms with Gasteiger partial charge in [-0.25, -0.2) is 4.89 Å². The van der Waals surface area contributed by atoms with Gasteiger partial charge in [-0.15, -0.1) is 4.33 Å². The average Bonchev–Trinajstić information content (AvgIpc) is 2.67. The molecule has 2 N–H and O–H groups in total. The molecule has 6 nitrogen and oxygen atoms in total. The van der Waals surface area contributed by atoms with Crippen LogP contribution in [0.15, 0.2) is 42.5 Å². The predicted octanol–water partition coefficient (Wildman–Crippen LogP) is 4.67. The lowest BCUT2D eigenvalue weighted by atomic mass is 10.1. The van der Waals surface area contributed by atoms with Gasteiger partial charge in [0.1, 0.15) is 18.0 Å². The van der Waals surface area contributed by atoms with Gasteiger partial charge >= 0.3 is 0 Å². The summed E-state index contributed by atoms with van der Waals surface area (Å²) in [7, 11) is 1.42. The summed E-state index contributed by atoms with van der Waals surface area (Å²) in [6, 6.07) is 12.7. The van der Waals surface area contributed by atoms with Crippen LogP contribution in [-0.4, -0.2) is 26.2 Å². The van der Waals surface area contributed by atoms with Gasteiger partial charge < -0.3 is 14.8 Å². The highest BCUT2D eigenvalue weighted by Crippen LogP contribution is 2.23. The number of ether oxygens (including phenoxy) is 1. The monoisotopic (exact) mass is 430 g/mol. The molecule has 0 saturated carbocycles. The molecule has 1 amide bonds. The quantitative estimate of drug-likeness (QED) is 0.177. The first-order chi connectivity index (χ1) is 13.1. The zero-order valence-electron chi connectivity index (χ0n) is 14.7. The first-order valence-electron chi connectivity index (χ1n) is 8.14. The molecule has 0 saturated heterocycles. The zero-order chi connectivity index (χ0) is 19.5. The molecule has 2 aromatic rings. The Morgan fingerprint density at radius 3 is 2.59 bits per heavy atom. The number of halogens is 2. The van der Waals surface area contributed by atoms with Gasteiger partial charge in [-0.05, 0) is 54.8 Å². The Kier molecular flexibility index (Phi) is 9.58. The summed E-state index contributed by atoms with van der Waals surface area (Å²) >= 11 is 12.8. The molecule has 2 rings (SSSR count). The fraction of sp³-hybridized carbons (Fsp3) is 0.278. The third-order valence-electron chi connectivity index (χ3n) is 3.43. The van der Waals surface area contributed by atoms with E-state index in [0.29, 0.717) is 22.3 Å². The molecule has 0 fully saturated rings. The van der Waals surface area contributed by atoms with Gasteiger partial charge in [-0.1, -0.05) is 29.3 Å². The lowest BCUT2D eigenvalue weighted by molar-refractivity contribution is -0.159. The van der Waals surface area contributed by atoms with Crippen LogP contribution < -0.4 is 14.8 Å². The number of hydrogen-bond acceptors (Lipinski definition) is 6. The highest BCUT2D eigenvalue weighted by atomic mass is 35.5. The van der Waals surface area contributed by atoms with E-state index in [9.17, 15) is 4.79 Å². The minimum atomic E-state index is -0.171. The predicted molar refractivity (Wildman–Crippen MR) is 109 cm³/mol. The lowest BCUT2D eigenvalue weighted by Crippen LogP contribution is -2.29. The molecule has 2 aromatic carbocycles. The summed E-state index contributed by atoms with van der Waals surface area (Å²) in [5.74, 6) is 0.430. The molecule has 0 unspecified atom stereocenters. The number of nitrogens with one attached hydrogen (secondary N) is 2. The van der Waals surface area contributed by atoms with Gasteiger partial charge in [0.05, 0.1) is 17.2 Å². The number of carbonyl (C=O) groups excluding carboxylic acids is 1. The van der Waals surface area contributed by atoms with Gasteiger partial charge in [-0.3, -0.25) is 4.79 Å². The van der Waals surface area contributed by atoms with E-state index in [2.05, 4.69) is 19.3 Å². The van der Waals surface area contributed by atoms with Gasteiger partial charge in [0.25, 0.3) is 5.91 Å². The van der Waals surface area contributed by atoms with E-state index in [-0.39, 0.29) is 12.5 Å². The molecule has 0 spiro atoms. The maximum atomic E-state index is 11.8. The van der Waals surface area contributed by atoms with Crippen molar-refractivity contribution in [1.29, 1.82) is 0 Å². The Morgan fingerprint density at radius 1 is 1.11 bits per heavy atom. The highest BCUT2D eigenvalue weighted by molar-refractivity contribution is 7.95. The van der Waals surface area contributed by atoms with E-state index in [1.165, 1.54) is 7.11 Å². The van der Waals surface area contributed by atoms with Crippen LogP contribution in [0.25, 0.3) is 0 Å². The second kappa shape index (κ2) is 11.9. The first kappa shape index (κ1) is 21.7. The number of hydrogen-bond donors (Lipinski definition) is 2. The largest absolute Gasteiger partial charge is 0.484 e. The summed E-state index contributed by atoms with van der Waals surface area (Å²) < 4.78 is 13.0. The summed E-state index contributed by atoms with van der Waals surface area (Å²) in [4.78, 5) is 16.3. The maximum absolute atomic E-state index is 11.8. The fourth-order valence-electron chi connectivity index (χ4n) is 2.13. The lowest BCUT2D eigenvalue weighted by Gasteiger charge is -2.09. The Hall–Kier alpha value is -1.64. The normalized spacial score (nSPS) is 10.5. The highest BCUT2D eigenvalue weighted by Gasteiger charge is 2.04. The summed E-state index contributed by atoms with van der Waals surface area (Å²) in [5, 5.41) is 3.90. The van der Waals surface area contributed by atoms with E-state index in [4.69, 9.17) is 27.9 Å². The number of benzene rings is 2. The van der Waals surface area contributed by atoms with Gasteiger partial charge in [0, 0.05) is 12.2 Å². The van der Waals surface area contributed by atoms with Crippen molar-refractivity contribution in [2.24, 2.45) is 0 Å². The third kappa shape index (κ3) is 8.28. The topological polar surface area (TPSA) is 68.8 Å². The van der Waals surface area contributed by atoms with Crippen LogP contribution in [0.3, 0.4) is 0 Å². The molecule has 0 aliphatic rings. The number of aryl methyl sites for hydroxylation is 1. The molecule has 0 atom stereocenters. The van der Waals surface area contributed by atoms with Crippen molar-refractivity contribution >= 4 is 47.0 Å². The summed E-state index contributed by atoms with van der Waals surface area (Å²) in [6.45, 7) is 0.517. The van der Waals surface area contributed by atoms with Crippen molar-refractivity contribution in [1.82, 2.24) is 5.32 Å². The van der Waals surface area contributed by atoms with E-state index < -0.39 is 0 Å². The molecule has 9 heteroatoms. The SMILES string of the molecule is COOSNc1ccc(OCC(=O)NCCCc2ccc(Cl)c(Cl)c2)cc1. The van der Waals surface area contributed by atoms with Crippen LogP contribution in [0.4, 0.5) is 5.69 Å². The number of amides is 1. The number of rotatable bonds is 11. The molecule has 0 aromatic heterocycles. The van der Waals surface area contributed by atoms with Gasteiger partial charge in [0.15, 0.2) is 6.61 Å². The number of carbonyl (C=O) groups is 1. The van der Waals surface area contributed by atoms with E-state index in [1.807, 2.05) is 12.1 Å². The van der Waals surface area contributed by atoms with Crippen LogP contribution in [0.5, 0.6) is 5.75 Å². The van der Waals surface area contributed by atoms with Crippen molar-refractivity contribution in [3.05, 3.63) is 58.1 Å². The van der Waals surface area contributed by atoms with Crippen molar-refractivity contribution in [2.45, 2.75) is 12.8 Å². The summed E-state index contributed by atoms with van der Waals surface area (Å²) in [5.41, 5.74) is 1.90. The first-order valence-corrected chi connectivity index (χ1v) is 9.64. The van der Waals surface area contributed by atoms with Gasteiger partial charge in [-0.2, -0.15) is 0 Å². The molecule has 0 heterocycles. The molecule has 27 heavy (non-hydrogen) atoms. The van der Waals surface area contributed by atoms with Crippen LogP contribution in [0, 0.1) is 0 Å². The molecular weight excluding hydrogens is 411 g/mol. The second-order valence-corrected chi connectivity index (χ2v) is 6.76. The molecule has 0 bridgehead atoms. The Balaban J connectivity index is 1.62. The Bertz CT molecular complexity index is 732. The smallest absolute Gasteiger partial charge is 0.257 e. The van der Waals surface area contributed by atoms with Crippen LogP contribution in [0.2, 0.25) is 10.0 Å². The van der Waals surface area contributed by atoms with E-state index >= 15 is 0 Å². The van der Waals surface area contributed by atoms with Crippen LogP contribution >= 0.6 is 35.4 Å². The molecular formula is C18H20Cl2N2O4S. The van der Waals surface area contributed by atoms with E-state index in [0.717, 1.165) is 36.3 Å². The summed E-state index contributed by atoms with van der Waals surface area (Å²) in [6.07, 6.45) is 1.60. The minimum absolute atomic E-state index is 0.0406. The average molecular weight is 431 g/mol. The fourth-order valence-corrected chi connectivity index (χ4v) is 2.79. The zero-order valence-corrected chi connectivity index (χ0v) is 17.0. The Morgan fingerprint density at radius 2 is 1.89 bits per heavy atom. The van der Waals surface area contributed by atoms with Crippen molar-refractivity contribution in [3.63, 3.8) is 0 Å². The van der Waals surface area contributed by atoms with Crippen molar-refractivity contribution in [3.8, 4) is 5.75 Å². The molecule has 0 radical (unpaired) electrons. The minimum Gasteiger partial charge on any atom is -0.484 e. The molecule has 0 aliphatic heterocycles. The molecule has 0 aliphatic carbocycles.